The summed E-state index contributed by atoms with van der Waals surface area (Å²) in [5.74, 6) is 0. The summed E-state index contributed by atoms with van der Waals surface area (Å²) in [6.07, 6.45) is -2.07. The summed E-state index contributed by atoms with van der Waals surface area (Å²) in [6, 6.07) is 4.17. The molecule has 5 heteroatoms. The number of hydrogen-bond acceptors (Lipinski definition) is 2. The summed E-state index contributed by atoms with van der Waals surface area (Å²) in [6.45, 7) is 3.47. The zero-order chi connectivity index (χ0) is 13.2. The minimum absolute atomic E-state index is 0.360. The fourth-order valence-corrected chi connectivity index (χ4v) is 2.15. The van der Waals surface area contributed by atoms with E-state index in [-0.39, 0.29) is 0 Å². The summed E-state index contributed by atoms with van der Waals surface area (Å²) in [7, 11) is 0. The predicted octanol–water partition coefficient (Wildman–Crippen LogP) is 3.18. The molecule has 2 rings (SSSR count). The molecule has 0 aliphatic carbocycles. The molecule has 1 fully saturated rings. The summed E-state index contributed by atoms with van der Waals surface area (Å²) < 4.78 is 37.8. The first-order valence-corrected chi connectivity index (χ1v) is 6.12. The second kappa shape index (κ2) is 5.18. The minimum Gasteiger partial charge on any atom is -0.383 e. The van der Waals surface area contributed by atoms with Crippen LogP contribution in [0.2, 0.25) is 0 Å². The summed E-state index contributed by atoms with van der Waals surface area (Å²) in [4.78, 5) is 0. The maximum absolute atomic E-state index is 12.6. The Labute approximate surface area is 105 Å². The maximum Gasteiger partial charge on any atom is 0.416 e. The third kappa shape index (κ3) is 3.16. The second-order valence-corrected chi connectivity index (χ2v) is 4.70. The topological polar surface area (TPSA) is 24.1 Å². The number of anilines is 1. The average Bonchev–Trinajstić information content (AvgIpc) is 2.79. The molecule has 1 aliphatic heterocycles. The van der Waals surface area contributed by atoms with Gasteiger partial charge in [-0.05, 0) is 44.0 Å². The molecule has 1 aliphatic rings. The Morgan fingerprint density at radius 2 is 2.17 bits per heavy atom. The molecule has 2 N–H and O–H groups in total. The van der Waals surface area contributed by atoms with Gasteiger partial charge in [0.1, 0.15) is 0 Å². The van der Waals surface area contributed by atoms with Gasteiger partial charge in [-0.15, -0.1) is 0 Å². The molecular weight excluding hydrogens is 241 g/mol. The number of halogens is 3. The van der Waals surface area contributed by atoms with Crippen LogP contribution in [0.15, 0.2) is 18.2 Å². The van der Waals surface area contributed by atoms with Gasteiger partial charge in [0.15, 0.2) is 0 Å². The van der Waals surface area contributed by atoms with E-state index < -0.39 is 11.7 Å². The number of nitrogens with one attached hydrogen (secondary N) is 2. The van der Waals surface area contributed by atoms with Gasteiger partial charge in [0.05, 0.1) is 5.56 Å². The number of hydrogen-bond donors (Lipinski definition) is 2. The Morgan fingerprint density at radius 3 is 2.78 bits per heavy atom. The van der Waals surface area contributed by atoms with E-state index in [1.165, 1.54) is 12.1 Å². The molecule has 1 heterocycles. The number of benzene rings is 1. The van der Waals surface area contributed by atoms with Gasteiger partial charge in [0.2, 0.25) is 0 Å². The van der Waals surface area contributed by atoms with Crippen LogP contribution in [0.5, 0.6) is 0 Å². The van der Waals surface area contributed by atoms with Crippen molar-refractivity contribution < 1.29 is 13.2 Å². The third-order valence-electron chi connectivity index (χ3n) is 3.27. The zero-order valence-corrected chi connectivity index (χ0v) is 10.3. The van der Waals surface area contributed by atoms with Gasteiger partial charge in [-0.3, -0.25) is 0 Å². The van der Waals surface area contributed by atoms with E-state index in [0.29, 0.717) is 18.3 Å². The van der Waals surface area contributed by atoms with Crippen molar-refractivity contribution in [3.8, 4) is 0 Å². The molecule has 100 valence electrons. The van der Waals surface area contributed by atoms with Crippen LogP contribution in [0.3, 0.4) is 0 Å². The molecule has 1 aromatic rings. The summed E-state index contributed by atoms with van der Waals surface area (Å²) >= 11 is 0. The highest BCUT2D eigenvalue weighted by Crippen LogP contribution is 2.32. The highest BCUT2D eigenvalue weighted by molar-refractivity contribution is 5.53. The molecule has 0 amide bonds. The lowest BCUT2D eigenvalue weighted by molar-refractivity contribution is -0.137. The number of aryl methyl sites for hydroxylation is 1. The van der Waals surface area contributed by atoms with Gasteiger partial charge >= 0.3 is 6.18 Å². The van der Waals surface area contributed by atoms with Gasteiger partial charge in [-0.1, -0.05) is 6.07 Å². The Kier molecular flexibility index (Phi) is 3.80. The molecular formula is C13H17F3N2. The van der Waals surface area contributed by atoms with Crippen LogP contribution in [-0.2, 0) is 6.18 Å². The first-order chi connectivity index (χ1) is 8.47. The van der Waals surface area contributed by atoms with Crippen molar-refractivity contribution in [2.45, 2.75) is 32.0 Å². The first kappa shape index (κ1) is 13.2. The van der Waals surface area contributed by atoms with E-state index in [0.717, 1.165) is 31.0 Å². The molecule has 1 atom stereocenters. The lowest BCUT2D eigenvalue weighted by Crippen LogP contribution is -2.29. The smallest absolute Gasteiger partial charge is 0.383 e. The van der Waals surface area contributed by atoms with Crippen LogP contribution >= 0.6 is 0 Å². The molecule has 18 heavy (non-hydrogen) atoms. The lowest BCUT2D eigenvalue weighted by Gasteiger charge is -2.16. The highest BCUT2D eigenvalue weighted by Gasteiger charge is 2.30. The monoisotopic (exact) mass is 258 g/mol. The average molecular weight is 258 g/mol. The van der Waals surface area contributed by atoms with Crippen molar-refractivity contribution in [1.82, 2.24) is 5.32 Å². The van der Waals surface area contributed by atoms with Gasteiger partial charge in [-0.25, -0.2) is 0 Å². The van der Waals surface area contributed by atoms with E-state index in [2.05, 4.69) is 10.6 Å². The zero-order valence-electron chi connectivity index (χ0n) is 10.3. The predicted molar refractivity (Wildman–Crippen MR) is 65.7 cm³/mol. The Hall–Kier alpha value is -1.23. The summed E-state index contributed by atoms with van der Waals surface area (Å²) in [5, 5.41) is 6.41. The second-order valence-electron chi connectivity index (χ2n) is 4.70. The normalized spacial score (nSPS) is 20.1. The molecule has 2 nitrogen and oxygen atoms in total. The van der Waals surface area contributed by atoms with Gasteiger partial charge < -0.3 is 10.6 Å². The Balaban J connectivity index is 2.06. The minimum atomic E-state index is -4.28. The molecule has 0 radical (unpaired) electrons. The van der Waals surface area contributed by atoms with Gasteiger partial charge in [0, 0.05) is 18.3 Å². The number of alkyl halides is 3. The fraction of sp³-hybridized carbons (Fsp3) is 0.538. The molecule has 1 unspecified atom stereocenters. The fourth-order valence-electron chi connectivity index (χ4n) is 2.15. The SMILES string of the molecule is Cc1ccc(C(F)(F)F)cc1NCC1CCCN1. The standard InChI is InChI=1S/C13H17F3N2/c1-9-4-5-10(13(14,15)16)7-12(9)18-8-11-3-2-6-17-11/h4-5,7,11,17-18H,2-3,6,8H2,1H3. The van der Waals surface area contributed by atoms with Crippen LogP contribution in [0.4, 0.5) is 18.9 Å². The molecule has 0 spiro atoms. The van der Waals surface area contributed by atoms with Crippen molar-refractivity contribution in [2.75, 3.05) is 18.4 Å². The van der Waals surface area contributed by atoms with Crippen molar-refractivity contribution in [2.24, 2.45) is 0 Å². The van der Waals surface area contributed by atoms with E-state index in [9.17, 15) is 13.2 Å². The highest BCUT2D eigenvalue weighted by atomic mass is 19.4. The van der Waals surface area contributed by atoms with Crippen molar-refractivity contribution in [3.63, 3.8) is 0 Å². The van der Waals surface area contributed by atoms with Crippen LogP contribution in [-0.4, -0.2) is 19.1 Å². The van der Waals surface area contributed by atoms with Gasteiger partial charge in [0.25, 0.3) is 0 Å². The van der Waals surface area contributed by atoms with Crippen LogP contribution < -0.4 is 10.6 Å². The first-order valence-electron chi connectivity index (χ1n) is 6.12. The number of rotatable bonds is 3. The molecule has 0 saturated carbocycles. The Bertz CT molecular complexity index is 409. The quantitative estimate of drug-likeness (QED) is 0.870. The molecule has 0 aromatic heterocycles. The third-order valence-corrected chi connectivity index (χ3v) is 3.27. The van der Waals surface area contributed by atoms with Crippen molar-refractivity contribution in [3.05, 3.63) is 29.3 Å². The van der Waals surface area contributed by atoms with Crippen LogP contribution in [0.1, 0.15) is 24.0 Å². The van der Waals surface area contributed by atoms with E-state index in [1.807, 2.05) is 6.92 Å². The van der Waals surface area contributed by atoms with Crippen LogP contribution in [0.25, 0.3) is 0 Å². The molecule has 1 aromatic carbocycles. The van der Waals surface area contributed by atoms with E-state index >= 15 is 0 Å². The van der Waals surface area contributed by atoms with Gasteiger partial charge in [-0.2, -0.15) is 13.2 Å². The van der Waals surface area contributed by atoms with E-state index in [4.69, 9.17) is 0 Å². The molecule has 1 saturated heterocycles. The lowest BCUT2D eigenvalue weighted by atomic mass is 10.1. The van der Waals surface area contributed by atoms with Crippen molar-refractivity contribution in [1.29, 1.82) is 0 Å². The van der Waals surface area contributed by atoms with E-state index in [1.54, 1.807) is 0 Å². The van der Waals surface area contributed by atoms with Crippen LogP contribution in [0, 0.1) is 6.92 Å². The maximum atomic E-state index is 12.6. The van der Waals surface area contributed by atoms with Crippen molar-refractivity contribution >= 4 is 5.69 Å². The largest absolute Gasteiger partial charge is 0.416 e. The molecule has 0 bridgehead atoms. The Morgan fingerprint density at radius 1 is 1.39 bits per heavy atom. The summed E-state index contributed by atoms with van der Waals surface area (Å²) in [5.41, 5.74) is 0.800.